The highest BCUT2D eigenvalue weighted by Gasteiger charge is 2.73. The molecule has 1 heterocycles. The SMILES string of the molecule is Cc1cccc(Oc2ccc(N3C(=O)[C@@H]4[C@@H](C3=O)C3(Cl)c5ccccc5C4(Cl)c4ccccc43)cc2)c1. The lowest BCUT2D eigenvalue weighted by Crippen LogP contribution is -2.57. The second-order valence-electron chi connectivity index (χ2n) is 9.89. The van der Waals surface area contributed by atoms with E-state index in [1.165, 1.54) is 4.90 Å². The van der Waals surface area contributed by atoms with Gasteiger partial charge in [-0.3, -0.25) is 9.59 Å². The number of imide groups is 1. The first kappa shape index (κ1) is 22.6. The van der Waals surface area contributed by atoms with Gasteiger partial charge in [-0.2, -0.15) is 0 Å². The molecule has 3 aliphatic carbocycles. The van der Waals surface area contributed by atoms with E-state index in [2.05, 4.69) is 0 Å². The monoisotopic (exact) mass is 525 g/mol. The normalized spacial score (nSPS) is 27.1. The van der Waals surface area contributed by atoms with Crippen LogP contribution in [-0.2, 0) is 19.3 Å². The highest BCUT2D eigenvalue weighted by atomic mass is 35.5. The molecule has 4 aromatic rings. The number of hydrogen-bond acceptors (Lipinski definition) is 3. The molecule has 37 heavy (non-hydrogen) atoms. The molecule has 6 heteroatoms. The number of hydrogen-bond donors (Lipinski definition) is 0. The standard InChI is InChI=1S/C31H21Cl2NO3/c1-18-7-6-8-21(17-18)37-20-15-13-19(14-16-20)34-28(35)26-27(29(34)36)31(33)23-10-3-2-9-22(23)30(26,32)24-11-4-5-12-25(24)31/h2-17,26-27H,1H3/t26-,27-,30?,31?/m0/s1. The summed E-state index contributed by atoms with van der Waals surface area (Å²) in [5.41, 5.74) is 4.71. The molecule has 0 radical (unpaired) electrons. The minimum Gasteiger partial charge on any atom is -0.457 e. The summed E-state index contributed by atoms with van der Waals surface area (Å²) < 4.78 is 5.96. The highest BCUT2D eigenvalue weighted by Crippen LogP contribution is 2.69. The highest BCUT2D eigenvalue weighted by molar-refractivity contribution is 6.38. The predicted octanol–water partition coefficient (Wildman–Crippen LogP) is 6.88. The van der Waals surface area contributed by atoms with Gasteiger partial charge in [0.05, 0.1) is 17.5 Å². The van der Waals surface area contributed by atoms with Gasteiger partial charge in [-0.05, 0) is 71.1 Å². The number of rotatable bonds is 3. The maximum Gasteiger partial charge on any atom is 0.240 e. The molecule has 4 aliphatic rings. The Bertz CT molecular complexity index is 1490. The minimum atomic E-state index is -1.19. The zero-order valence-corrected chi connectivity index (χ0v) is 21.3. The van der Waals surface area contributed by atoms with E-state index in [1.807, 2.05) is 79.7 Å². The molecule has 2 amide bonds. The van der Waals surface area contributed by atoms with Crippen LogP contribution in [0.25, 0.3) is 0 Å². The fourth-order valence-corrected chi connectivity index (χ4v) is 7.50. The van der Waals surface area contributed by atoms with E-state index >= 15 is 0 Å². The van der Waals surface area contributed by atoms with Crippen molar-refractivity contribution < 1.29 is 14.3 Å². The summed E-state index contributed by atoms with van der Waals surface area (Å²) in [6, 6.07) is 30.0. The summed E-state index contributed by atoms with van der Waals surface area (Å²) in [6.07, 6.45) is 0. The molecule has 8 rings (SSSR count). The average Bonchev–Trinajstić information content (AvgIpc) is 3.19. The molecule has 1 saturated heterocycles. The quantitative estimate of drug-likeness (QED) is 0.216. The number of anilines is 1. The van der Waals surface area contributed by atoms with E-state index in [0.717, 1.165) is 27.8 Å². The van der Waals surface area contributed by atoms with Crippen molar-refractivity contribution in [2.75, 3.05) is 4.90 Å². The molecule has 0 aromatic heterocycles. The molecule has 182 valence electrons. The predicted molar refractivity (Wildman–Crippen MR) is 143 cm³/mol. The van der Waals surface area contributed by atoms with Crippen molar-refractivity contribution in [2.45, 2.75) is 16.7 Å². The van der Waals surface area contributed by atoms with Crippen LogP contribution in [0.15, 0.2) is 97.1 Å². The number of alkyl halides is 2. The Morgan fingerprint density at radius 2 is 1.14 bits per heavy atom. The summed E-state index contributed by atoms with van der Waals surface area (Å²) >= 11 is 15.0. The van der Waals surface area contributed by atoms with Crippen molar-refractivity contribution in [3.05, 3.63) is 125 Å². The Labute approximate surface area is 224 Å². The molecule has 0 spiro atoms. The second-order valence-corrected chi connectivity index (χ2v) is 11.1. The van der Waals surface area contributed by atoms with Crippen molar-refractivity contribution in [1.29, 1.82) is 0 Å². The summed E-state index contributed by atoms with van der Waals surface area (Å²) in [7, 11) is 0. The van der Waals surface area contributed by atoms with Gasteiger partial charge in [0, 0.05) is 0 Å². The second kappa shape index (κ2) is 7.70. The summed E-state index contributed by atoms with van der Waals surface area (Å²) in [6.45, 7) is 2.00. The van der Waals surface area contributed by atoms with Gasteiger partial charge in [-0.15, -0.1) is 23.2 Å². The molecule has 0 N–H and O–H groups in total. The zero-order chi connectivity index (χ0) is 25.5. The molecule has 0 unspecified atom stereocenters. The number of nitrogens with zero attached hydrogens (tertiary/aromatic N) is 1. The minimum absolute atomic E-state index is 0.341. The number of aryl methyl sites for hydroxylation is 1. The van der Waals surface area contributed by atoms with Gasteiger partial charge in [-0.1, -0.05) is 60.7 Å². The number of amides is 2. The van der Waals surface area contributed by atoms with E-state index in [0.29, 0.717) is 17.2 Å². The largest absolute Gasteiger partial charge is 0.457 e. The zero-order valence-electron chi connectivity index (χ0n) is 19.8. The van der Waals surface area contributed by atoms with Gasteiger partial charge in [0.25, 0.3) is 0 Å². The Morgan fingerprint density at radius 3 is 1.59 bits per heavy atom. The molecule has 4 nitrogen and oxygen atoms in total. The molecular formula is C31H21Cl2NO3. The molecule has 2 bridgehead atoms. The fraction of sp³-hybridized carbons (Fsp3) is 0.161. The van der Waals surface area contributed by atoms with Crippen LogP contribution in [0, 0.1) is 18.8 Å². The van der Waals surface area contributed by atoms with Crippen LogP contribution in [-0.4, -0.2) is 11.8 Å². The van der Waals surface area contributed by atoms with Crippen molar-refractivity contribution in [2.24, 2.45) is 11.8 Å². The van der Waals surface area contributed by atoms with Crippen LogP contribution < -0.4 is 9.64 Å². The average molecular weight is 526 g/mol. The summed E-state index contributed by atoms with van der Waals surface area (Å²) in [5, 5.41) is 0. The lowest BCUT2D eigenvalue weighted by Gasteiger charge is -2.54. The third-order valence-electron chi connectivity index (χ3n) is 7.91. The Balaban J connectivity index is 1.32. The third-order valence-corrected chi connectivity index (χ3v) is 9.19. The molecular weight excluding hydrogens is 505 g/mol. The van der Waals surface area contributed by atoms with E-state index in [-0.39, 0.29) is 11.8 Å². The number of benzene rings is 4. The number of halogens is 2. The van der Waals surface area contributed by atoms with Gasteiger partial charge in [0.1, 0.15) is 21.2 Å². The van der Waals surface area contributed by atoms with Gasteiger partial charge in [-0.25, -0.2) is 4.90 Å². The number of carbonyl (C=O) groups excluding carboxylic acids is 2. The van der Waals surface area contributed by atoms with Crippen LogP contribution in [0.3, 0.4) is 0 Å². The van der Waals surface area contributed by atoms with Crippen LogP contribution in [0.4, 0.5) is 5.69 Å². The van der Waals surface area contributed by atoms with Crippen LogP contribution >= 0.6 is 23.2 Å². The van der Waals surface area contributed by atoms with Crippen molar-refractivity contribution in [3.63, 3.8) is 0 Å². The maximum atomic E-state index is 14.1. The Hall–Kier alpha value is -3.60. The van der Waals surface area contributed by atoms with Crippen molar-refractivity contribution in [1.82, 2.24) is 0 Å². The fourth-order valence-electron chi connectivity index (χ4n) is 6.40. The number of ether oxygens (including phenoxy) is 1. The Kier molecular flexibility index (Phi) is 4.70. The molecule has 4 aromatic carbocycles. The maximum absolute atomic E-state index is 14.1. The molecule has 1 aliphatic heterocycles. The van der Waals surface area contributed by atoms with E-state index in [9.17, 15) is 9.59 Å². The molecule has 2 atom stereocenters. The van der Waals surface area contributed by atoms with Crippen LogP contribution in [0.5, 0.6) is 11.5 Å². The van der Waals surface area contributed by atoms with E-state index in [1.54, 1.807) is 24.3 Å². The third kappa shape index (κ3) is 2.86. The van der Waals surface area contributed by atoms with Gasteiger partial charge < -0.3 is 4.74 Å². The lowest BCUT2D eigenvalue weighted by atomic mass is 9.54. The molecule has 0 saturated carbocycles. The summed E-state index contributed by atoms with van der Waals surface area (Å²) in [5.74, 6) is -1.02. The van der Waals surface area contributed by atoms with Gasteiger partial charge in [0.2, 0.25) is 11.8 Å². The first-order valence-electron chi connectivity index (χ1n) is 12.2. The smallest absolute Gasteiger partial charge is 0.240 e. The summed E-state index contributed by atoms with van der Waals surface area (Å²) in [4.78, 5) is 27.0. The topological polar surface area (TPSA) is 46.6 Å². The Morgan fingerprint density at radius 1 is 0.649 bits per heavy atom. The first-order valence-corrected chi connectivity index (χ1v) is 12.9. The van der Waals surface area contributed by atoms with Gasteiger partial charge >= 0.3 is 0 Å². The molecule has 1 fully saturated rings. The van der Waals surface area contributed by atoms with Crippen molar-refractivity contribution >= 4 is 40.7 Å². The van der Waals surface area contributed by atoms with Crippen LogP contribution in [0.2, 0.25) is 0 Å². The lowest BCUT2D eigenvalue weighted by molar-refractivity contribution is -0.122. The van der Waals surface area contributed by atoms with Gasteiger partial charge in [0.15, 0.2) is 0 Å². The van der Waals surface area contributed by atoms with E-state index in [4.69, 9.17) is 27.9 Å². The number of carbonyl (C=O) groups is 2. The van der Waals surface area contributed by atoms with E-state index < -0.39 is 21.6 Å². The van der Waals surface area contributed by atoms with Crippen LogP contribution in [0.1, 0.15) is 27.8 Å². The van der Waals surface area contributed by atoms with Crippen molar-refractivity contribution in [3.8, 4) is 11.5 Å². The first-order chi connectivity index (χ1) is 17.8.